The Balaban J connectivity index is 1.76. The molecular weight excluding hydrogens is 348 g/mol. The van der Waals surface area contributed by atoms with E-state index in [0.29, 0.717) is 30.8 Å². The minimum Gasteiger partial charge on any atom is -0.453 e. The van der Waals surface area contributed by atoms with Gasteiger partial charge < -0.3 is 9.64 Å². The van der Waals surface area contributed by atoms with Crippen LogP contribution in [0, 0.1) is 0 Å². The third kappa shape index (κ3) is 4.60. The predicted molar refractivity (Wildman–Crippen MR) is 99.1 cm³/mol. The number of methoxy groups -OCH3 is 1. The number of ether oxygens (including phenoxy) is 1. The molecule has 2 aromatic heterocycles. The molecule has 0 unspecified atom stereocenters. The van der Waals surface area contributed by atoms with E-state index in [1.807, 2.05) is 16.5 Å². The van der Waals surface area contributed by atoms with Gasteiger partial charge in [0.25, 0.3) is 0 Å². The first kappa shape index (κ1) is 18.8. The van der Waals surface area contributed by atoms with Crippen molar-refractivity contribution in [3.63, 3.8) is 0 Å². The highest BCUT2D eigenvalue weighted by atomic mass is 16.5. The average molecular weight is 372 g/mol. The molecule has 0 radical (unpaired) electrons. The second kappa shape index (κ2) is 8.15. The van der Waals surface area contributed by atoms with Gasteiger partial charge in [0, 0.05) is 37.7 Å². The van der Waals surface area contributed by atoms with E-state index >= 15 is 0 Å². The maximum atomic E-state index is 11.8. The molecule has 0 aliphatic heterocycles. The second-order valence-electron chi connectivity index (χ2n) is 6.42. The van der Waals surface area contributed by atoms with Gasteiger partial charge in [0.2, 0.25) is 5.91 Å². The monoisotopic (exact) mass is 372 g/mol. The zero-order valence-corrected chi connectivity index (χ0v) is 15.8. The Labute approximate surface area is 157 Å². The van der Waals surface area contributed by atoms with Gasteiger partial charge in [-0.15, -0.1) is 0 Å². The number of amides is 2. The van der Waals surface area contributed by atoms with Crippen LogP contribution in [0.2, 0.25) is 0 Å². The van der Waals surface area contributed by atoms with E-state index in [-0.39, 0.29) is 5.91 Å². The van der Waals surface area contributed by atoms with E-state index in [4.69, 9.17) is 0 Å². The molecule has 2 aromatic rings. The Morgan fingerprint density at radius 3 is 2.81 bits per heavy atom. The topological polar surface area (TPSA) is 102 Å². The molecule has 0 aromatic carbocycles. The molecule has 2 heterocycles. The van der Waals surface area contributed by atoms with Crippen LogP contribution in [-0.4, -0.2) is 56.3 Å². The van der Waals surface area contributed by atoms with Gasteiger partial charge in [0.15, 0.2) is 5.82 Å². The Hall–Kier alpha value is -2.97. The number of hydrogen-bond acceptors (Lipinski definition) is 6. The molecule has 1 aliphatic rings. The van der Waals surface area contributed by atoms with Crippen molar-refractivity contribution < 1.29 is 14.3 Å². The summed E-state index contributed by atoms with van der Waals surface area (Å²) < 4.78 is 6.43. The molecule has 0 saturated heterocycles. The summed E-state index contributed by atoms with van der Waals surface area (Å²) in [5, 5.41) is 7.13. The normalized spacial score (nSPS) is 13.3. The Morgan fingerprint density at radius 2 is 2.19 bits per heavy atom. The van der Waals surface area contributed by atoms with Crippen molar-refractivity contribution in [1.29, 1.82) is 0 Å². The van der Waals surface area contributed by atoms with Crippen molar-refractivity contribution in [1.82, 2.24) is 24.6 Å². The van der Waals surface area contributed by atoms with E-state index < -0.39 is 6.09 Å². The molecule has 0 spiro atoms. The van der Waals surface area contributed by atoms with Gasteiger partial charge in [-0.2, -0.15) is 5.10 Å². The first-order chi connectivity index (χ1) is 13.0. The van der Waals surface area contributed by atoms with E-state index in [2.05, 4.69) is 25.1 Å². The minimum atomic E-state index is -0.586. The first-order valence-corrected chi connectivity index (χ1v) is 9.04. The van der Waals surface area contributed by atoms with Crippen molar-refractivity contribution >= 4 is 17.8 Å². The van der Waals surface area contributed by atoms with Crippen molar-refractivity contribution in [3.05, 3.63) is 24.2 Å². The highest BCUT2D eigenvalue weighted by Gasteiger charge is 2.30. The van der Waals surface area contributed by atoms with Crippen LogP contribution in [-0.2, 0) is 22.5 Å². The summed E-state index contributed by atoms with van der Waals surface area (Å²) in [5.41, 5.74) is 0.746. The van der Waals surface area contributed by atoms with E-state index in [0.717, 1.165) is 30.7 Å². The summed E-state index contributed by atoms with van der Waals surface area (Å²) >= 11 is 0. The van der Waals surface area contributed by atoms with Crippen LogP contribution >= 0.6 is 0 Å². The van der Waals surface area contributed by atoms with Gasteiger partial charge in [0.1, 0.15) is 11.6 Å². The van der Waals surface area contributed by atoms with E-state index in [1.165, 1.54) is 7.11 Å². The summed E-state index contributed by atoms with van der Waals surface area (Å²) in [5.74, 6) is 1.88. The lowest BCUT2D eigenvalue weighted by Crippen LogP contribution is -2.34. The Kier molecular flexibility index (Phi) is 5.68. The first-order valence-electron chi connectivity index (χ1n) is 9.04. The SMILES string of the molecule is CCc1nc(-c2ccnc(NC(=O)OC)c2)nn1CCN(C(C)=O)C1CC1. The van der Waals surface area contributed by atoms with Crippen molar-refractivity contribution in [2.24, 2.45) is 0 Å². The molecule has 1 saturated carbocycles. The number of hydrogen-bond donors (Lipinski definition) is 1. The van der Waals surface area contributed by atoms with Gasteiger partial charge in [-0.05, 0) is 25.0 Å². The smallest absolute Gasteiger partial charge is 0.412 e. The fraction of sp³-hybridized carbons (Fsp3) is 0.500. The van der Waals surface area contributed by atoms with Crippen LogP contribution < -0.4 is 5.32 Å². The number of nitrogens with one attached hydrogen (secondary N) is 1. The number of carbonyl (C=O) groups excluding carboxylic acids is 2. The molecule has 3 rings (SSSR count). The highest BCUT2D eigenvalue weighted by Crippen LogP contribution is 2.27. The zero-order chi connectivity index (χ0) is 19.4. The van der Waals surface area contributed by atoms with Crippen LogP contribution in [0.25, 0.3) is 11.4 Å². The Morgan fingerprint density at radius 1 is 1.41 bits per heavy atom. The summed E-state index contributed by atoms with van der Waals surface area (Å²) in [4.78, 5) is 33.8. The minimum absolute atomic E-state index is 0.101. The molecular formula is C18H24N6O3. The second-order valence-corrected chi connectivity index (χ2v) is 6.42. The fourth-order valence-corrected chi connectivity index (χ4v) is 2.92. The number of rotatable bonds is 7. The molecule has 1 aliphatic carbocycles. The summed E-state index contributed by atoms with van der Waals surface area (Å²) in [6.07, 6.45) is 3.88. The third-order valence-electron chi connectivity index (χ3n) is 4.44. The van der Waals surface area contributed by atoms with Gasteiger partial charge in [-0.25, -0.2) is 19.4 Å². The van der Waals surface area contributed by atoms with Gasteiger partial charge in [-0.3, -0.25) is 10.1 Å². The van der Waals surface area contributed by atoms with Crippen molar-refractivity contribution in [3.8, 4) is 11.4 Å². The largest absolute Gasteiger partial charge is 0.453 e. The fourth-order valence-electron chi connectivity index (χ4n) is 2.92. The number of aryl methyl sites for hydroxylation is 1. The van der Waals surface area contributed by atoms with Crippen LogP contribution in [0.3, 0.4) is 0 Å². The van der Waals surface area contributed by atoms with Crippen LogP contribution in [0.4, 0.5) is 10.6 Å². The molecule has 1 fully saturated rings. The molecule has 9 nitrogen and oxygen atoms in total. The summed E-state index contributed by atoms with van der Waals surface area (Å²) in [7, 11) is 1.29. The van der Waals surface area contributed by atoms with E-state index in [9.17, 15) is 9.59 Å². The average Bonchev–Trinajstić information content (AvgIpc) is 3.40. The molecule has 1 N–H and O–H groups in total. The number of aromatic nitrogens is 4. The lowest BCUT2D eigenvalue weighted by Gasteiger charge is -2.20. The number of pyridine rings is 1. The Bertz CT molecular complexity index is 830. The zero-order valence-electron chi connectivity index (χ0n) is 15.8. The van der Waals surface area contributed by atoms with Crippen molar-refractivity contribution in [2.75, 3.05) is 19.0 Å². The lowest BCUT2D eigenvalue weighted by molar-refractivity contribution is -0.129. The molecule has 0 bridgehead atoms. The molecule has 27 heavy (non-hydrogen) atoms. The summed E-state index contributed by atoms with van der Waals surface area (Å²) in [6, 6.07) is 3.86. The predicted octanol–water partition coefficient (Wildman–Crippen LogP) is 2.09. The highest BCUT2D eigenvalue weighted by molar-refractivity contribution is 5.84. The van der Waals surface area contributed by atoms with Crippen LogP contribution in [0.15, 0.2) is 18.3 Å². The number of nitrogens with zero attached hydrogens (tertiary/aromatic N) is 5. The molecule has 9 heteroatoms. The van der Waals surface area contributed by atoms with Crippen LogP contribution in [0.1, 0.15) is 32.5 Å². The maximum Gasteiger partial charge on any atom is 0.412 e. The summed E-state index contributed by atoms with van der Waals surface area (Å²) in [6.45, 7) is 4.86. The molecule has 144 valence electrons. The van der Waals surface area contributed by atoms with Gasteiger partial charge in [-0.1, -0.05) is 6.92 Å². The quantitative estimate of drug-likeness (QED) is 0.798. The standard InChI is InChI=1S/C18H24N6O3/c1-4-16-21-17(13-7-8-19-15(11-13)20-18(26)27-3)22-24(16)10-9-23(12(2)25)14-5-6-14/h7-8,11,14H,4-6,9-10H2,1-3H3,(H,19,20,26). The van der Waals surface area contributed by atoms with Crippen LogP contribution in [0.5, 0.6) is 0 Å². The van der Waals surface area contributed by atoms with Crippen molar-refractivity contribution in [2.45, 2.75) is 45.7 Å². The number of carbonyl (C=O) groups is 2. The lowest BCUT2D eigenvalue weighted by atomic mass is 10.2. The molecule has 0 atom stereocenters. The molecule has 2 amide bonds. The van der Waals surface area contributed by atoms with Gasteiger partial charge in [0.05, 0.1) is 13.7 Å². The van der Waals surface area contributed by atoms with E-state index in [1.54, 1.807) is 25.3 Å². The third-order valence-corrected chi connectivity index (χ3v) is 4.44. The van der Waals surface area contributed by atoms with Gasteiger partial charge >= 0.3 is 6.09 Å². The number of anilines is 1. The maximum absolute atomic E-state index is 11.8.